The van der Waals surface area contributed by atoms with Crippen LogP contribution in [-0.4, -0.2) is 18.2 Å². The van der Waals surface area contributed by atoms with Gasteiger partial charge in [0.05, 0.1) is 6.54 Å². The van der Waals surface area contributed by atoms with Gasteiger partial charge in [0, 0.05) is 5.92 Å². The van der Waals surface area contributed by atoms with E-state index in [0.717, 1.165) is 19.3 Å². The van der Waals surface area contributed by atoms with Crippen LogP contribution in [0.3, 0.4) is 0 Å². The van der Waals surface area contributed by atoms with Gasteiger partial charge in [0.15, 0.2) is 0 Å². The summed E-state index contributed by atoms with van der Waals surface area (Å²) in [4.78, 5) is 22.1. The molecule has 1 saturated carbocycles. The van der Waals surface area contributed by atoms with Crippen LogP contribution in [0.4, 0.5) is 0 Å². The predicted octanol–water partition coefficient (Wildman–Crippen LogP) is 1.13. The second-order valence-corrected chi connectivity index (χ2v) is 3.93. The molecule has 2 unspecified atom stereocenters. The molecule has 1 amide bonds. The van der Waals surface area contributed by atoms with E-state index >= 15 is 0 Å². The second-order valence-electron chi connectivity index (χ2n) is 3.93. The standard InChI is InChI=1S/C10H17NO2/c1-7-4-3-5-9(7)10(13)11-6-8(2)12/h7,9H,3-6H2,1-2H3,(H,11,13). The first-order chi connectivity index (χ1) is 6.11. The first-order valence-electron chi connectivity index (χ1n) is 4.88. The van der Waals surface area contributed by atoms with Crippen molar-refractivity contribution in [3.8, 4) is 0 Å². The number of rotatable bonds is 3. The van der Waals surface area contributed by atoms with Crippen molar-refractivity contribution in [1.29, 1.82) is 0 Å². The Kier molecular flexibility index (Phi) is 3.46. The molecule has 0 spiro atoms. The van der Waals surface area contributed by atoms with Gasteiger partial charge in [-0.2, -0.15) is 0 Å². The molecule has 2 atom stereocenters. The van der Waals surface area contributed by atoms with Crippen LogP contribution in [-0.2, 0) is 9.59 Å². The van der Waals surface area contributed by atoms with E-state index in [1.807, 2.05) is 0 Å². The number of carbonyl (C=O) groups excluding carboxylic acids is 2. The van der Waals surface area contributed by atoms with Gasteiger partial charge < -0.3 is 5.32 Å². The van der Waals surface area contributed by atoms with Gasteiger partial charge in [-0.1, -0.05) is 13.3 Å². The summed E-state index contributed by atoms with van der Waals surface area (Å²) in [7, 11) is 0. The molecule has 0 aliphatic heterocycles. The molecule has 13 heavy (non-hydrogen) atoms. The Morgan fingerprint density at radius 3 is 2.54 bits per heavy atom. The normalized spacial score (nSPS) is 27.2. The molecule has 0 aromatic rings. The lowest BCUT2D eigenvalue weighted by Gasteiger charge is -2.13. The van der Waals surface area contributed by atoms with Crippen LogP contribution < -0.4 is 5.32 Å². The van der Waals surface area contributed by atoms with Crippen LogP contribution in [0.1, 0.15) is 33.1 Å². The van der Waals surface area contributed by atoms with Gasteiger partial charge in [-0.25, -0.2) is 0 Å². The minimum absolute atomic E-state index is 0.0130. The van der Waals surface area contributed by atoms with Crippen LogP contribution in [0.15, 0.2) is 0 Å². The number of Topliss-reactive ketones (excluding diaryl/α,β-unsaturated/α-hetero) is 1. The van der Waals surface area contributed by atoms with E-state index in [1.165, 1.54) is 6.92 Å². The van der Waals surface area contributed by atoms with Gasteiger partial charge in [0.1, 0.15) is 5.78 Å². The van der Waals surface area contributed by atoms with Crippen molar-refractivity contribution in [2.24, 2.45) is 11.8 Å². The molecule has 0 bridgehead atoms. The molecular formula is C10H17NO2. The zero-order valence-corrected chi connectivity index (χ0v) is 8.30. The lowest BCUT2D eigenvalue weighted by atomic mass is 9.97. The maximum absolute atomic E-state index is 11.5. The average Bonchev–Trinajstić information content (AvgIpc) is 2.47. The van der Waals surface area contributed by atoms with Crippen LogP contribution in [0.2, 0.25) is 0 Å². The molecule has 0 saturated heterocycles. The van der Waals surface area contributed by atoms with Crippen LogP contribution in [0.5, 0.6) is 0 Å². The summed E-state index contributed by atoms with van der Waals surface area (Å²) in [6.45, 7) is 3.77. The summed E-state index contributed by atoms with van der Waals surface area (Å²) in [5.41, 5.74) is 0. The number of carbonyl (C=O) groups is 2. The third-order valence-electron chi connectivity index (χ3n) is 2.71. The highest BCUT2D eigenvalue weighted by Gasteiger charge is 2.29. The van der Waals surface area contributed by atoms with Crippen molar-refractivity contribution in [3.63, 3.8) is 0 Å². The smallest absolute Gasteiger partial charge is 0.223 e. The fourth-order valence-electron chi connectivity index (χ4n) is 1.88. The third kappa shape index (κ3) is 2.83. The Hall–Kier alpha value is -0.860. The summed E-state index contributed by atoms with van der Waals surface area (Å²) >= 11 is 0. The number of hydrogen-bond donors (Lipinski definition) is 1. The molecule has 1 rings (SSSR count). The van der Waals surface area contributed by atoms with Crippen molar-refractivity contribution in [1.82, 2.24) is 5.32 Å². The molecule has 0 radical (unpaired) electrons. The number of nitrogens with one attached hydrogen (secondary N) is 1. The average molecular weight is 183 g/mol. The molecule has 1 N–H and O–H groups in total. The van der Waals surface area contributed by atoms with Crippen molar-refractivity contribution < 1.29 is 9.59 Å². The van der Waals surface area contributed by atoms with Gasteiger partial charge in [-0.3, -0.25) is 9.59 Å². The van der Waals surface area contributed by atoms with E-state index in [9.17, 15) is 9.59 Å². The van der Waals surface area contributed by atoms with Crippen molar-refractivity contribution in [2.45, 2.75) is 33.1 Å². The maximum atomic E-state index is 11.5. The molecule has 3 heteroatoms. The lowest BCUT2D eigenvalue weighted by molar-refractivity contribution is -0.128. The monoisotopic (exact) mass is 183 g/mol. The minimum atomic E-state index is 0.0130. The van der Waals surface area contributed by atoms with Gasteiger partial charge in [-0.15, -0.1) is 0 Å². The van der Waals surface area contributed by atoms with E-state index in [4.69, 9.17) is 0 Å². The Balaban J connectivity index is 2.34. The summed E-state index contributed by atoms with van der Waals surface area (Å²) in [5, 5.41) is 2.67. The maximum Gasteiger partial charge on any atom is 0.223 e. The van der Waals surface area contributed by atoms with Gasteiger partial charge >= 0.3 is 0 Å². The molecule has 3 nitrogen and oxygen atoms in total. The summed E-state index contributed by atoms with van der Waals surface area (Å²) in [5.74, 6) is 0.686. The predicted molar refractivity (Wildman–Crippen MR) is 50.2 cm³/mol. The molecule has 74 valence electrons. The van der Waals surface area contributed by atoms with Gasteiger partial charge in [0.25, 0.3) is 0 Å². The summed E-state index contributed by atoms with van der Waals surface area (Å²) in [6.07, 6.45) is 3.25. The largest absolute Gasteiger partial charge is 0.349 e. The fourth-order valence-corrected chi connectivity index (χ4v) is 1.88. The van der Waals surface area contributed by atoms with E-state index in [0.29, 0.717) is 5.92 Å². The van der Waals surface area contributed by atoms with E-state index in [-0.39, 0.29) is 24.2 Å². The van der Waals surface area contributed by atoms with Crippen LogP contribution in [0, 0.1) is 11.8 Å². The van der Waals surface area contributed by atoms with Crippen molar-refractivity contribution in [2.75, 3.05) is 6.54 Å². The second kappa shape index (κ2) is 4.40. The minimum Gasteiger partial charge on any atom is -0.349 e. The third-order valence-corrected chi connectivity index (χ3v) is 2.71. The highest BCUT2D eigenvalue weighted by atomic mass is 16.2. The molecule has 1 fully saturated rings. The molecule has 0 aromatic heterocycles. The molecule has 0 heterocycles. The molecular weight excluding hydrogens is 166 g/mol. The topological polar surface area (TPSA) is 46.2 Å². The highest BCUT2D eigenvalue weighted by Crippen LogP contribution is 2.30. The first kappa shape index (κ1) is 10.2. The zero-order chi connectivity index (χ0) is 9.84. The first-order valence-corrected chi connectivity index (χ1v) is 4.88. The zero-order valence-electron chi connectivity index (χ0n) is 8.30. The lowest BCUT2D eigenvalue weighted by Crippen LogP contribution is -2.34. The number of ketones is 1. The van der Waals surface area contributed by atoms with Crippen molar-refractivity contribution >= 4 is 11.7 Å². The van der Waals surface area contributed by atoms with Gasteiger partial charge in [-0.05, 0) is 25.7 Å². The summed E-state index contributed by atoms with van der Waals surface area (Å²) in [6, 6.07) is 0. The number of hydrogen-bond acceptors (Lipinski definition) is 2. The Morgan fingerprint density at radius 1 is 1.38 bits per heavy atom. The van der Waals surface area contributed by atoms with Crippen LogP contribution in [0.25, 0.3) is 0 Å². The summed E-state index contributed by atoms with van der Waals surface area (Å²) < 4.78 is 0. The highest BCUT2D eigenvalue weighted by molar-refractivity contribution is 5.85. The number of amides is 1. The van der Waals surface area contributed by atoms with E-state index in [1.54, 1.807) is 0 Å². The van der Waals surface area contributed by atoms with E-state index < -0.39 is 0 Å². The Labute approximate surface area is 78.9 Å². The van der Waals surface area contributed by atoms with Crippen molar-refractivity contribution in [3.05, 3.63) is 0 Å². The Morgan fingerprint density at radius 2 is 2.08 bits per heavy atom. The fraction of sp³-hybridized carbons (Fsp3) is 0.800. The van der Waals surface area contributed by atoms with E-state index in [2.05, 4.69) is 12.2 Å². The van der Waals surface area contributed by atoms with Gasteiger partial charge in [0.2, 0.25) is 5.91 Å². The van der Waals surface area contributed by atoms with Crippen LogP contribution >= 0.6 is 0 Å². The molecule has 1 aliphatic carbocycles. The quantitative estimate of drug-likeness (QED) is 0.713. The SMILES string of the molecule is CC(=O)CNC(=O)C1CCCC1C. The Bertz CT molecular complexity index is 213. The molecule has 0 aromatic carbocycles. The molecule has 1 aliphatic rings.